The predicted molar refractivity (Wildman–Crippen MR) is 62.3 cm³/mol. The first kappa shape index (κ1) is 11.6. The van der Waals surface area contributed by atoms with Gasteiger partial charge in [0, 0.05) is 6.54 Å². The van der Waals surface area contributed by atoms with Gasteiger partial charge in [-0.3, -0.25) is 4.98 Å². The minimum Gasteiger partial charge on any atom is -0.368 e. The second-order valence-electron chi connectivity index (χ2n) is 3.88. The van der Waals surface area contributed by atoms with Crippen LogP contribution in [0, 0.1) is 5.92 Å². The van der Waals surface area contributed by atoms with E-state index in [0.717, 1.165) is 0 Å². The third kappa shape index (κ3) is 3.05. The number of hydrogen-bond donors (Lipinski definition) is 1. The molecule has 0 amide bonds. The molecule has 1 aliphatic heterocycles. The molecular weight excluding hydrogens is 250 g/mol. The number of rotatable bonds is 3. The zero-order chi connectivity index (χ0) is 11.6. The number of nitrogens with zero attached hydrogens (tertiary/aromatic N) is 2. The molecule has 0 spiro atoms. The molecule has 1 N–H and O–H groups in total. The summed E-state index contributed by atoms with van der Waals surface area (Å²) in [4.78, 5) is 7.90. The minimum absolute atomic E-state index is 0.158. The fourth-order valence-corrected chi connectivity index (χ4v) is 3.72. The van der Waals surface area contributed by atoms with E-state index in [1.54, 1.807) is 6.20 Å². The summed E-state index contributed by atoms with van der Waals surface area (Å²) in [7, 11) is -2.81. The van der Waals surface area contributed by atoms with Gasteiger partial charge in [0.2, 0.25) is 0 Å². The quantitative estimate of drug-likeness (QED) is 0.878. The summed E-state index contributed by atoms with van der Waals surface area (Å²) in [6.45, 7) is 0.592. The van der Waals surface area contributed by atoms with Crippen LogP contribution in [0.3, 0.4) is 0 Å². The highest BCUT2D eigenvalue weighted by molar-refractivity contribution is 7.91. The van der Waals surface area contributed by atoms with E-state index in [4.69, 9.17) is 11.6 Å². The minimum atomic E-state index is -2.81. The number of hydrogen-bond acceptors (Lipinski definition) is 5. The third-order valence-corrected chi connectivity index (χ3v) is 4.52. The molecule has 0 saturated carbocycles. The highest BCUT2D eigenvalue weighted by Crippen LogP contribution is 2.18. The first-order valence-electron chi connectivity index (χ1n) is 4.97. The Morgan fingerprint density at radius 2 is 2.31 bits per heavy atom. The van der Waals surface area contributed by atoms with Gasteiger partial charge in [0.1, 0.15) is 11.0 Å². The maximum atomic E-state index is 11.2. The van der Waals surface area contributed by atoms with Crippen molar-refractivity contribution in [1.82, 2.24) is 9.97 Å². The summed E-state index contributed by atoms with van der Waals surface area (Å²) in [5.41, 5.74) is 0. The Balaban J connectivity index is 1.89. The highest BCUT2D eigenvalue weighted by atomic mass is 35.5. The van der Waals surface area contributed by atoms with E-state index in [9.17, 15) is 8.42 Å². The zero-order valence-electron chi connectivity index (χ0n) is 8.56. The standard InChI is InChI=1S/C9H12ClN3O2S/c10-8-4-11-5-9(13-8)12-3-7-1-2-16(14,15)6-7/h4-5,7H,1-3,6H2,(H,12,13)/t7-/m1/s1. The average Bonchev–Trinajstić information content (AvgIpc) is 2.56. The molecule has 0 bridgehead atoms. The topological polar surface area (TPSA) is 72.0 Å². The summed E-state index contributed by atoms with van der Waals surface area (Å²) >= 11 is 5.68. The molecule has 2 heterocycles. The van der Waals surface area contributed by atoms with Gasteiger partial charge in [-0.1, -0.05) is 11.6 Å². The van der Waals surface area contributed by atoms with E-state index < -0.39 is 9.84 Å². The highest BCUT2D eigenvalue weighted by Gasteiger charge is 2.27. The van der Waals surface area contributed by atoms with Crippen LogP contribution in [-0.2, 0) is 9.84 Å². The Morgan fingerprint density at radius 1 is 1.50 bits per heavy atom. The van der Waals surface area contributed by atoms with Crippen LogP contribution in [0.15, 0.2) is 12.4 Å². The van der Waals surface area contributed by atoms with Crippen LogP contribution in [0.2, 0.25) is 5.15 Å². The maximum absolute atomic E-state index is 11.2. The lowest BCUT2D eigenvalue weighted by molar-refractivity contribution is 0.595. The molecule has 1 fully saturated rings. The molecule has 0 aliphatic carbocycles. The molecule has 1 aromatic heterocycles. The summed E-state index contributed by atoms with van der Waals surface area (Å²) in [5.74, 6) is 1.29. The molecule has 7 heteroatoms. The lowest BCUT2D eigenvalue weighted by Crippen LogP contribution is -2.16. The van der Waals surface area contributed by atoms with Crippen LogP contribution >= 0.6 is 11.6 Å². The molecular formula is C9H12ClN3O2S. The van der Waals surface area contributed by atoms with Crippen LogP contribution in [0.5, 0.6) is 0 Å². The van der Waals surface area contributed by atoms with Gasteiger partial charge < -0.3 is 5.32 Å². The van der Waals surface area contributed by atoms with Crippen molar-refractivity contribution in [3.63, 3.8) is 0 Å². The van der Waals surface area contributed by atoms with Crippen molar-refractivity contribution in [2.24, 2.45) is 5.92 Å². The Bertz CT molecular complexity index is 477. The lowest BCUT2D eigenvalue weighted by Gasteiger charge is -2.09. The summed E-state index contributed by atoms with van der Waals surface area (Å²) in [5, 5.41) is 3.37. The van der Waals surface area contributed by atoms with Crippen LogP contribution in [0.25, 0.3) is 0 Å². The number of halogens is 1. The van der Waals surface area contributed by atoms with Crippen LogP contribution in [-0.4, -0.2) is 36.4 Å². The van der Waals surface area contributed by atoms with Gasteiger partial charge >= 0.3 is 0 Å². The zero-order valence-corrected chi connectivity index (χ0v) is 10.1. The third-order valence-electron chi connectivity index (χ3n) is 2.50. The van der Waals surface area contributed by atoms with Gasteiger partial charge in [-0.05, 0) is 12.3 Å². The molecule has 88 valence electrons. The van der Waals surface area contributed by atoms with Crippen molar-refractivity contribution >= 4 is 27.3 Å². The van der Waals surface area contributed by atoms with Crippen molar-refractivity contribution in [1.29, 1.82) is 0 Å². The maximum Gasteiger partial charge on any atom is 0.150 e. The molecule has 1 aromatic rings. The summed E-state index contributed by atoms with van der Waals surface area (Å²) in [6, 6.07) is 0. The monoisotopic (exact) mass is 261 g/mol. The predicted octanol–water partition coefficient (Wildman–Crippen LogP) is 0.977. The normalized spacial score (nSPS) is 23.2. The van der Waals surface area contributed by atoms with E-state index in [0.29, 0.717) is 29.7 Å². The fourth-order valence-electron chi connectivity index (χ4n) is 1.71. The molecule has 16 heavy (non-hydrogen) atoms. The van der Waals surface area contributed by atoms with Crippen LogP contribution in [0.4, 0.5) is 5.82 Å². The summed E-state index contributed by atoms with van der Waals surface area (Å²) < 4.78 is 22.5. The van der Waals surface area contributed by atoms with E-state index in [1.807, 2.05) is 0 Å². The number of sulfone groups is 1. The lowest BCUT2D eigenvalue weighted by atomic mass is 10.1. The van der Waals surface area contributed by atoms with Crippen molar-refractivity contribution in [2.45, 2.75) is 6.42 Å². The Morgan fingerprint density at radius 3 is 2.94 bits per heavy atom. The van der Waals surface area contributed by atoms with Crippen molar-refractivity contribution < 1.29 is 8.42 Å². The number of aromatic nitrogens is 2. The second-order valence-corrected chi connectivity index (χ2v) is 6.49. The average molecular weight is 262 g/mol. The Hall–Kier alpha value is -0.880. The molecule has 0 unspecified atom stereocenters. The van der Waals surface area contributed by atoms with Crippen LogP contribution < -0.4 is 5.32 Å². The van der Waals surface area contributed by atoms with Crippen LogP contribution in [0.1, 0.15) is 6.42 Å². The fraction of sp³-hybridized carbons (Fsp3) is 0.556. The Kier molecular flexibility index (Phi) is 3.30. The second kappa shape index (κ2) is 4.55. The molecule has 1 aliphatic rings. The van der Waals surface area contributed by atoms with Gasteiger partial charge in [0.25, 0.3) is 0 Å². The number of nitrogens with one attached hydrogen (secondary N) is 1. The molecule has 0 radical (unpaired) electrons. The smallest absolute Gasteiger partial charge is 0.150 e. The SMILES string of the molecule is O=S1(=O)CC[C@H](CNc2cncc(Cl)n2)C1. The van der Waals surface area contributed by atoms with E-state index in [1.165, 1.54) is 6.20 Å². The van der Waals surface area contributed by atoms with Crippen molar-refractivity contribution in [3.8, 4) is 0 Å². The summed E-state index contributed by atoms with van der Waals surface area (Å²) in [6.07, 6.45) is 3.73. The molecule has 1 saturated heterocycles. The van der Waals surface area contributed by atoms with Gasteiger partial charge in [0.15, 0.2) is 9.84 Å². The van der Waals surface area contributed by atoms with Gasteiger partial charge in [0.05, 0.1) is 23.9 Å². The van der Waals surface area contributed by atoms with Gasteiger partial charge in [-0.25, -0.2) is 13.4 Å². The van der Waals surface area contributed by atoms with E-state index in [-0.39, 0.29) is 11.7 Å². The van der Waals surface area contributed by atoms with Gasteiger partial charge in [-0.2, -0.15) is 0 Å². The molecule has 2 rings (SSSR count). The molecule has 0 aromatic carbocycles. The van der Waals surface area contributed by atoms with E-state index in [2.05, 4.69) is 15.3 Å². The number of anilines is 1. The van der Waals surface area contributed by atoms with E-state index >= 15 is 0 Å². The molecule has 1 atom stereocenters. The van der Waals surface area contributed by atoms with Crippen molar-refractivity contribution in [2.75, 3.05) is 23.4 Å². The van der Waals surface area contributed by atoms with Crippen molar-refractivity contribution in [3.05, 3.63) is 17.5 Å². The van der Waals surface area contributed by atoms with Gasteiger partial charge in [-0.15, -0.1) is 0 Å². The Labute approximate surface area is 99.2 Å². The first-order valence-corrected chi connectivity index (χ1v) is 7.17. The molecule has 5 nitrogen and oxygen atoms in total. The first-order chi connectivity index (χ1) is 7.55. The largest absolute Gasteiger partial charge is 0.368 e.